The second kappa shape index (κ2) is 4.17. The summed E-state index contributed by atoms with van der Waals surface area (Å²) in [7, 11) is 1.77. The molecule has 0 radical (unpaired) electrons. The van der Waals surface area contributed by atoms with Crippen molar-refractivity contribution >= 4 is 5.96 Å². The maximum absolute atomic E-state index is 5.93. The van der Waals surface area contributed by atoms with E-state index in [0.29, 0.717) is 18.1 Å². The molecule has 2 rings (SSSR count). The Hall–Kier alpha value is -0.770. The van der Waals surface area contributed by atoms with E-state index in [2.05, 4.69) is 9.89 Å². The topological polar surface area (TPSA) is 50.9 Å². The summed E-state index contributed by atoms with van der Waals surface area (Å²) in [4.78, 5) is 6.59. The number of nitrogens with two attached hydrogens (primary N) is 1. The molecule has 4 nitrogen and oxygen atoms in total. The second-order valence-corrected chi connectivity index (χ2v) is 4.16. The number of aliphatic imine (C=N–C) groups is 1. The largest absolute Gasteiger partial charge is 0.380 e. The summed E-state index contributed by atoms with van der Waals surface area (Å²) >= 11 is 0. The average molecular weight is 197 g/mol. The highest BCUT2D eigenvalue weighted by Gasteiger charge is 2.24. The van der Waals surface area contributed by atoms with Gasteiger partial charge in [0.15, 0.2) is 5.96 Å². The molecule has 1 saturated heterocycles. The fourth-order valence-electron chi connectivity index (χ4n) is 1.81. The van der Waals surface area contributed by atoms with E-state index >= 15 is 0 Å². The second-order valence-electron chi connectivity index (χ2n) is 4.16. The van der Waals surface area contributed by atoms with E-state index in [-0.39, 0.29) is 0 Å². The summed E-state index contributed by atoms with van der Waals surface area (Å²) in [5.41, 5.74) is 5.93. The zero-order valence-electron chi connectivity index (χ0n) is 8.78. The first-order valence-corrected chi connectivity index (χ1v) is 5.40. The molecular formula is C10H19N3O. The first kappa shape index (κ1) is 9.77. The minimum absolute atomic E-state index is 0.330. The molecule has 14 heavy (non-hydrogen) atoms. The number of guanidine groups is 1. The first-order chi connectivity index (χ1) is 6.79. The lowest BCUT2D eigenvalue weighted by atomic mass is 10.1. The van der Waals surface area contributed by atoms with Crippen molar-refractivity contribution in [2.24, 2.45) is 10.7 Å². The van der Waals surface area contributed by atoms with Crippen LogP contribution in [0.2, 0.25) is 0 Å². The molecule has 2 aliphatic rings. The van der Waals surface area contributed by atoms with Crippen LogP contribution >= 0.6 is 0 Å². The van der Waals surface area contributed by atoms with E-state index < -0.39 is 0 Å². The molecule has 0 amide bonds. The predicted octanol–water partition coefficient (Wildman–Crippen LogP) is 0.574. The molecule has 1 aliphatic carbocycles. The van der Waals surface area contributed by atoms with Gasteiger partial charge >= 0.3 is 0 Å². The average Bonchev–Trinajstić information content (AvgIpc) is 3.02. The van der Waals surface area contributed by atoms with Gasteiger partial charge in [0.25, 0.3) is 0 Å². The van der Waals surface area contributed by atoms with E-state index in [1.165, 1.54) is 12.8 Å². The number of rotatable bonds is 2. The Kier molecular flexibility index (Phi) is 2.91. The van der Waals surface area contributed by atoms with Gasteiger partial charge in [0.2, 0.25) is 0 Å². The third-order valence-electron chi connectivity index (χ3n) is 2.90. The van der Waals surface area contributed by atoms with Crippen LogP contribution in [0.1, 0.15) is 25.7 Å². The van der Waals surface area contributed by atoms with Gasteiger partial charge in [0.05, 0.1) is 12.1 Å². The van der Waals surface area contributed by atoms with Crippen molar-refractivity contribution < 1.29 is 4.74 Å². The smallest absolute Gasteiger partial charge is 0.191 e. The number of ether oxygens (including phenoxy) is 1. The van der Waals surface area contributed by atoms with Gasteiger partial charge in [-0.05, 0) is 25.7 Å². The molecule has 4 heteroatoms. The lowest BCUT2D eigenvalue weighted by Gasteiger charge is -2.32. The Bertz CT molecular complexity index is 225. The number of nitrogens with zero attached hydrogens (tertiary/aromatic N) is 2. The van der Waals surface area contributed by atoms with Gasteiger partial charge in [-0.3, -0.25) is 0 Å². The van der Waals surface area contributed by atoms with Crippen LogP contribution in [0.3, 0.4) is 0 Å². The van der Waals surface area contributed by atoms with Gasteiger partial charge in [-0.25, -0.2) is 4.99 Å². The van der Waals surface area contributed by atoms with Crippen LogP contribution < -0.4 is 5.73 Å². The number of hydrogen-bond acceptors (Lipinski definition) is 2. The molecule has 2 N–H and O–H groups in total. The van der Waals surface area contributed by atoms with Crippen LogP contribution in [0, 0.1) is 0 Å². The van der Waals surface area contributed by atoms with Gasteiger partial charge in [-0.2, -0.15) is 0 Å². The summed E-state index contributed by atoms with van der Waals surface area (Å²) < 4.78 is 5.34. The Morgan fingerprint density at radius 3 is 2.86 bits per heavy atom. The van der Waals surface area contributed by atoms with Crippen molar-refractivity contribution in [1.82, 2.24) is 4.90 Å². The lowest BCUT2D eigenvalue weighted by molar-refractivity contribution is 0.0532. The van der Waals surface area contributed by atoms with E-state index in [0.717, 1.165) is 25.9 Å². The third-order valence-corrected chi connectivity index (χ3v) is 2.90. The molecule has 1 heterocycles. The van der Waals surface area contributed by atoms with Crippen LogP contribution in [0.15, 0.2) is 4.99 Å². The van der Waals surface area contributed by atoms with Crippen molar-refractivity contribution in [3.05, 3.63) is 0 Å². The maximum atomic E-state index is 5.93. The van der Waals surface area contributed by atoms with Gasteiger partial charge in [0.1, 0.15) is 0 Å². The van der Waals surface area contributed by atoms with Crippen molar-refractivity contribution in [3.63, 3.8) is 0 Å². The molecule has 0 bridgehead atoms. The fraction of sp³-hybridized carbons (Fsp3) is 0.900. The molecule has 1 atom stereocenters. The highest BCUT2D eigenvalue weighted by atomic mass is 16.5. The van der Waals surface area contributed by atoms with Crippen LogP contribution in [0.5, 0.6) is 0 Å². The van der Waals surface area contributed by atoms with Gasteiger partial charge < -0.3 is 15.4 Å². The van der Waals surface area contributed by atoms with Crippen LogP contribution in [0.25, 0.3) is 0 Å². The molecule has 1 aliphatic heterocycles. The van der Waals surface area contributed by atoms with E-state index in [4.69, 9.17) is 10.5 Å². The van der Waals surface area contributed by atoms with E-state index in [9.17, 15) is 0 Å². The number of likely N-dealkylation sites (tertiary alicyclic amines) is 1. The number of hydrogen-bond donors (Lipinski definition) is 1. The van der Waals surface area contributed by atoms with Crippen molar-refractivity contribution in [2.75, 3.05) is 20.2 Å². The molecular weight excluding hydrogens is 178 g/mol. The Morgan fingerprint density at radius 2 is 2.21 bits per heavy atom. The lowest BCUT2D eigenvalue weighted by Crippen LogP contribution is -2.46. The zero-order valence-corrected chi connectivity index (χ0v) is 8.78. The third kappa shape index (κ3) is 2.38. The van der Waals surface area contributed by atoms with Gasteiger partial charge in [0, 0.05) is 20.2 Å². The van der Waals surface area contributed by atoms with Crippen LogP contribution in [0.4, 0.5) is 0 Å². The molecule has 1 unspecified atom stereocenters. The van der Waals surface area contributed by atoms with Crippen molar-refractivity contribution in [3.8, 4) is 0 Å². The minimum Gasteiger partial charge on any atom is -0.380 e. The predicted molar refractivity (Wildman–Crippen MR) is 56.2 cm³/mol. The minimum atomic E-state index is 0.330. The summed E-state index contributed by atoms with van der Waals surface area (Å²) in [5, 5.41) is 0. The molecule has 0 aromatic rings. The highest BCUT2D eigenvalue weighted by Crippen LogP contribution is 2.24. The highest BCUT2D eigenvalue weighted by molar-refractivity contribution is 5.78. The standard InChI is InChI=1S/C10H19N3O/c1-14-9-3-2-6-13(7-9)10(11)12-8-4-5-8/h8-9H,2-7H2,1H3,(H2,11,12). The summed E-state index contributed by atoms with van der Waals surface area (Å²) in [6.07, 6.45) is 5.05. The van der Waals surface area contributed by atoms with E-state index in [1.807, 2.05) is 0 Å². The number of piperidine rings is 1. The Balaban J connectivity index is 1.89. The van der Waals surface area contributed by atoms with Gasteiger partial charge in [-0.15, -0.1) is 0 Å². The first-order valence-electron chi connectivity index (χ1n) is 5.40. The van der Waals surface area contributed by atoms with Crippen LogP contribution in [-0.4, -0.2) is 43.2 Å². The Morgan fingerprint density at radius 1 is 1.43 bits per heavy atom. The molecule has 0 aromatic heterocycles. The maximum Gasteiger partial charge on any atom is 0.191 e. The Labute approximate surface area is 85.1 Å². The quantitative estimate of drug-likeness (QED) is 0.520. The molecule has 0 aromatic carbocycles. The molecule has 1 saturated carbocycles. The fourth-order valence-corrected chi connectivity index (χ4v) is 1.81. The molecule has 0 spiro atoms. The van der Waals surface area contributed by atoms with Crippen molar-refractivity contribution in [1.29, 1.82) is 0 Å². The zero-order chi connectivity index (χ0) is 9.97. The molecule has 2 fully saturated rings. The van der Waals surface area contributed by atoms with E-state index in [1.54, 1.807) is 7.11 Å². The normalized spacial score (nSPS) is 29.4. The van der Waals surface area contributed by atoms with Crippen LogP contribution in [-0.2, 0) is 4.74 Å². The number of methoxy groups -OCH3 is 1. The molecule has 80 valence electrons. The SMILES string of the molecule is COC1CCCN(C(N)=NC2CC2)C1. The van der Waals surface area contributed by atoms with Crippen molar-refractivity contribution in [2.45, 2.75) is 37.8 Å². The van der Waals surface area contributed by atoms with Gasteiger partial charge in [-0.1, -0.05) is 0 Å². The monoisotopic (exact) mass is 197 g/mol. The summed E-state index contributed by atoms with van der Waals surface area (Å²) in [5.74, 6) is 0.717. The summed E-state index contributed by atoms with van der Waals surface area (Å²) in [6, 6.07) is 0.512. The summed E-state index contributed by atoms with van der Waals surface area (Å²) in [6.45, 7) is 1.93.